The minimum atomic E-state index is 0.131. The molecule has 156 valence electrons. The van der Waals surface area contributed by atoms with Crippen molar-refractivity contribution in [1.82, 2.24) is 14.5 Å². The van der Waals surface area contributed by atoms with Crippen molar-refractivity contribution >= 4 is 29.3 Å². The number of anilines is 1. The lowest BCUT2D eigenvalue weighted by Gasteiger charge is -2.51. The second-order valence-electron chi connectivity index (χ2n) is 9.55. The molecule has 2 aromatic heterocycles. The third kappa shape index (κ3) is 2.93. The number of hydrogen-bond acceptors (Lipinski definition) is 3. The first-order valence-electron chi connectivity index (χ1n) is 11.3. The minimum Gasteiger partial charge on any atom is -0.328 e. The van der Waals surface area contributed by atoms with Gasteiger partial charge in [0.25, 0.3) is 0 Å². The van der Waals surface area contributed by atoms with Crippen LogP contribution >= 0.6 is 11.6 Å². The Balaban J connectivity index is 1.18. The van der Waals surface area contributed by atoms with Crippen LogP contribution in [0.2, 0.25) is 5.15 Å². The summed E-state index contributed by atoms with van der Waals surface area (Å²) in [5, 5.41) is 3.53. The van der Waals surface area contributed by atoms with Gasteiger partial charge in [-0.15, -0.1) is 0 Å². The minimum absolute atomic E-state index is 0.131. The van der Waals surface area contributed by atoms with Crippen molar-refractivity contribution in [3.8, 4) is 0 Å². The van der Waals surface area contributed by atoms with Crippen LogP contribution in [-0.4, -0.2) is 20.4 Å². The maximum Gasteiger partial charge on any atom is 0.227 e. The lowest BCUT2D eigenvalue weighted by molar-refractivity contribution is -0.122. The standard InChI is InChI=1S/C24H27ClN4O/c25-22-9-1-14(13-27-22)28-24(30)20-5-4-15-16-6-8-21-19(17(16)2-3-18(15)20)7-10-23-26-11-12-29(21)23/h1,7,9-13,15-21H,2-6,8H2,(H,28,30)/t15-,16-,17-,18-,19+,20+,21?/m0/s1. The van der Waals surface area contributed by atoms with E-state index in [9.17, 15) is 4.79 Å². The fourth-order valence-electron chi connectivity index (χ4n) is 7.25. The molecule has 0 spiro atoms. The predicted octanol–water partition coefficient (Wildman–Crippen LogP) is 5.22. The van der Waals surface area contributed by atoms with Crippen LogP contribution in [0.1, 0.15) is 50.4 Å². The number of carbonyl (C=O) groups excluding carboxylic acids is 1. The Hall–Kier alpha value is -2.14. The van der Waals surface area contributed by atoms with Crippen LogP contribution in [0.4, 0.5) is 5.69 Å². The van der Waals surface area contributed by atoms with Gasteiger partial charge in [-0.3, -0.25) is 4.79 Å². The maximum absolute atomic E-state index is 13.1. The fraction of sp³-hybridized carbons (Fsp3) is 0.542. The maximum atomic E-state index is 13.1. The van der Waals surface area contributed by atoms with E-state index in [2.05, 4.69) is 38.2 Å². The van der Waals surface area contributed by atoms with E-state index in [0.29, 0.717) is 28.9 Å². The van der Waals surface area contributed by atoms with Gasteiger partial charge in [0.15, 0.2) is 0 Å². The van der Waals surface area contributed by atoms with Crippen molar-refractivity contribution in [3.63, 3.8) is 0 Å². The van der Waals surface area contributed by atoms with E-state index in [1.165, 1.54) is 32.1 Å². The normalized spacial score (nSPS) is 36.4. The molecule has 3 saturated carbocycles. The van der Waals surface area contributed by atoms with Crippen molar-refractivity contribution in [3.05, 3.63) is 47.8 Å². The third-order valence-electron chi connectivity index (χ3n) is 8.40. The zero-order valence-corrected chi connectivity index (χ0v) is 17.7. The Morgan fingerprint density at radius 2 is 1.80 bits per heavy atom. The largest absolute Gasteiger partial charge is 0.328 e. The van der Waals surface area contributed by atoms with Gasteiger partial charge < -0.3 is 9.88 Å². The van der Waals surface area contributed by atoms with Crippen molar-refractivity contribution in [1.29, 1.82) is 0 Å². The molecule has 3 fully saturated rings. The van der Waals surface area contributed by atoms with Gasteiger partial charge in [-0.2, -0.15) is 0 Å². The molecule has 2 aromatic rings. The summed E-state index contributed by atoms with van der Waals surface area (Å²) in [6.45, 7) is 0. The van der Waals surface area contributed by atoms with Gasteiger partial charge in [-0.05, 0) is 80.4 Å². The average molecular weight is 423 g/mol. The first-order chi connectivity index (χ1) is 14.7. The topological polar surface area (TPSA) is 59.8 Å². The molecule has 0 saturated heterocycles. The summed E-state index contributed by atoms with van der Waals surface area (Å²) in [4.78, 5) is 21.6. The second kappa shape index (κ2) is 7.23. The molecule has 1 amide bonds. The number of allylic oxidation sites excluding steroid dienone is 1. The molecule has 30 heavy (non-hydrogen) atoms. The van der Waals surface area contributed by atoms with Gasteiger partial charge in [-0.1, -0.05) is 17.7 Å². The number of nitrogens with one attached hydrogen (secondary N) is 1. The molecule has 6 rings (SSSR count). The zero-order valence-electron chi connectivity index (χ0n) is 17.0. The summed E-state index contributed by atoms with van der Waals surface area (Å²) in [5.41, 5.74) is 0.741. The summed E-state index contributed by atoms with van der Waals surface area (Å²) in [6, 6.07) is 4.13. The molecule has 0 bridgehead atoms. The number of nitrogens with zero attached hydrogens (tertiary/aromatic N) is 3. The van der Waals surface area contributed by atoms with Crippen molar-refractivity contribution in [2.45, 2.75) is 44.6 Å². The number of rotatable bonds is 2. The fourth-order valence-corrected chi connectivity index (χ4v) is 7.36. The molecule has 1 aliphatic heterocycles. The van der Waals surface area contributed by atoms with Crippen LogP contribution in [0.25, 0.3) is 6.08 Å². The van der Waals surface area contributed by atoms with Crippen LogP contribution in [-0.2, 0) is 4.79 Å². The van der Waals surface area contributed by atoms with Gasteiger partial charge in [-0.25, -0.2) is 9.97 Å². The van der Waals surface area contributed by atoms with Crippen molar-refractivity contribution < 1.29 is 4.79 Å². The SMILES string of the molecule is O=C(Nc1ccc(Cl)nc1)[C@@H]1CC[C@H]2[C@@H]3CCC4[C@H](C=Cc5nccn54)[C@H]3CC[C@@H]21. The van der Waals surface area contributed by atoms with E-state index >= 15 is 0 Å². The highest BCUT2D eigenvalue weighted by Gasteiger charge is 2.52. The van der Waals surface area contributed by atoms with E-state index in [-0.39, 0.29) is 11.8 Å². The number of fused-ring (bicyclic) bond motifs is 7. The summed E-state index contributed by atoms with van der Waals surface area (Å²) < 4.78 is 2.40. The molecular weight excluding hydrogens is 396 g/mol. The van der Waals surface area contributed by atoms with E-state index in [4.69, 9.17) is 11.6 Å². The molecule has 0 aromatic carbocycles. The van der Waals surface area contributed by atoms with E-state index < -0.39 is 0 Å². The van der Waals surface area contributed by atoms with Crippen LogP contribution in [0.15, 0.2) is 36.8 Å². The highest BCUT2D eigenvalue weighted by atomic mass is 35.5. The Morgan fingerprint density at radius 1 is 1.00 bits per heavy atom. The Morgan fingerprint density at radius 3 is 2.67 bits per heavy atom. The highest BCUT2D eigenvalue weighted by Crippen LogP contribution is 2.58. The number of carbonyl (C=O) groups is 1. The molecule has 5 nitrogen and oxygen atoms in total. The molecule has 1 N–H and O–H groups in total. The number of pyridine rings is 1. The number of hydrogen-bond donors (Lipinski definition) is 1. The quantitative estimate of drug-likeness (QED) is 0.675. The molecule has 3 heterocycles. The first-order valence-corrected chi connectivity index (χ1v) is 11.7. The predicted molar refractivity (Wildman–Crippen MR) is 117 cm³/mol. The summed E-state index contributed by atoms with van der Waals surface area (Å²) in [5.74, 6) is 4.76. The molecule has 0 radical (unpaired) electrons. The Kier molecular flexibility index (Phi) is 4.48. The molecule has 3 aliphatic carbocycles. The molecule has 4 aliphatic rings. The number of aromatic nitrogens is 3. The van der Waals surface area contributed by atoms with Crippen LogP contribution in [0.5, 0.6) is 0 Å². The van der Waals surface area contributed by atoms with Gasteiger partial charge in [0.1, 0.15) is 11.0 Å². The third-order valence-corrected chi connectivity index (χ3v) is 8.62. The summed E-state index contributed by atoms with van der Waals surface area (Å²) in [7, 11) is 0. The smallest absolute Gasteiger partial charge is 0.227 e. The Bertz CT molecular complexity index is 983. The summed E-state index contributed by atoms with van der Waals surface area (Å²) in [6.07, 6.45) is 17.5. The monoisotopic (exact) mass is 422 g/mol. The zero-order chi connectivity index (χ0) is 20.2. The van der Waals surface area contributed by atoms with Gasteiger partial charge in [0, 0.05) is 30.3 Å². The van der Waals surface area contributed by atoms with E-state index in [1.54, 1.807) is 12.3 Å². The Labute approximate surface area is 181 Å². The molecule has 7 atom stereocenters. The van der Waals surface area contributed by atoms with Crippen LogP contribution in [0, 0.1) is 35.5 Å². The number of imidazole rings is 1. The van der Waals surface area contributed by atoms with Gasteiger partial charge in [0.2, 0.25) is 5.91 Å². The lowest BCUT2D eigenvalue weighted by atomic mass is 9.56. The van der Waals surface area contributed by atoms with Crippen molar-refractivity contribution in [2.24, 2.45) is 35.5 Å². The van der Waals surface area contributed by atoms with Gasteiger partial charge >= 0.3 is 0 Å². The van der Waals surface area contributed by atoms with E-state index in [1.807, 2.05) is 12.3 Å². The van der Waals surface area contributed by atoms with Crippen LogP contribution < -0.4 is 5.32 Å². The lowest BCUT2D eigenvalue weighted by Crippen LogP contribution is -2.44. The second-order valence-corrected chi connectivity index (χ2v) is 9.94. The first kappa shape index (κ1) is 18.6. The summed E-state index contributed by atoms with van der Waals surface area (Å²) >= 11 is 5.87. The highest BCUT2D eigenvalue weighted by molar-refractivity contribution is 6.29. The molecule has 6 heteroatoms. The van der Waals surface area contributed by atoms with Crippen molar-refractivity contribution in [2.75, 3.05) is 5.32 Å². The molecular formula is C24H27ClN4O. The van der Waals surface area contributed by atoms with Gasteiger partial charge in [0.05, 0.1) is 11.9 Å². The van der Waals surface area contributed by atoms with E-state index in [0.717, 1.165) is 29.8 Å². The molecule has 1 unspecified atom stereocenters. The number of amides is 1. The average Bonchev–Trinajstić information content (AvgIpc) is 3.42. The number of halogens is 1. The van der Waals surface area contributed by atoms with Crippen LogP contribution in [0.3, 0.4) is 0 Å².